The van der Waals surface area contributed by atoms with E-state index in [0.29, 0.717) is 17.8 Å². The Morgan fingerprint density at radius 3 is 3.00 bits per heavy atom. The van der Waals surface area contributed by atoms with Crippen LogP contribution in [0.1, 0.15) is 28.7 Å². The van der Waals surface area contributed by atoms with Crippen LogP contribution in [0.3, 0.4) is 0 Å². The van der Waals surface area contributed by atoms with Crippen LogP contribution in [0.5, 0.6) is 0 Å². The van der Waals surface area contributed by atoms with Crippen LogP contribution in [-0.4, -0.2) is 25.7 Å². The molecule has 1 N–H and O–H groups in total. The van der Waals surface area contributed by atoms with E-state index in [4.69, 9.17) is 10.4 Å². The van der Waals surface area contributed by atoms with Crippen LogP contribution in [0.15, 0.2) is 12.3 Å². The smallest absolute Gasteiger partial charge is 0.354 e. The largest absolute Gasteiger partial charge is 0.477 e. The first-order chi connectivity index (χ1) is 7.67. The van der Waals surface area contributed by atoms with Crippen LogP contribution in [0.2, 0.25) is 0 Å². The Kier molecular flexibility index (Phi) is 2.29. The minimum Gasteiger partial charge on any atom is -0.477 e. The predicted octanol–water partition coefficient (Wildman–Crippen LogP) is 0.862. The second-order valence-corrected chi connectivity index (χ2v) is 3.20. The first kappa shape index (κ1) is 10.1. The van der Waals surface area contributed by atoms with Gasteiger partial charge >= 0.3 is 5.97 Å². The number of carboxylic acids is 1. The minimum absolute atomic E-state index is 0.0682. The molecule has 0 saturated heterocycles. The van der Waals surface area contributed by atoms with Gasteiger partial charge in [-0.1, -0.05) is 6.92 Å². The molecule has 0 bridgehead atoms. The van der Waals surface area contributed by atoms with Crippen molar-refractivity contribution >= 4 is 11.6 Å². The minimum atomic E-state index is -1.11. The van der Waals surface area contributed by atoms with Gasteiger partial charge in [-0.2, -0.15) is 10.4 Å². The first-order valence-corrected chi connectivity index (χ1v) is 4.68. The zero-order valence-corrected chi connectivity index (χ0v) is 8.51. The molecule has 0 saturated carbocycles. The van der Waals surface area contributed by atoms with Crippen molar-refractivity contribution < 1.29 is 9.90 Å². The first-order valence-electron chi connectivity index (χ1n) is 4.68. The lowest BCUT2D eigenvalue weighted by molar-refractivity contribution is 0.0690. The third-order valence-corrected chi connectivity index (χ3v) is 2.25. The SMILES string of the molecule is CCc1cc(C(=O)O)nc2c(C#N)cnn12. The third kappa shape index (κ3) is 1.39. The molecule has 80 valence electrons. The zero-order chi connectivity index (χ0) is 11.7. The number of aromatic nitrogens is 3. The average Bonchev–Trinajstić information content (AvgIpc) is 2.70. The van der Waals surface area contributed by atoms with Crippen molar-refractivity contribution in [1.82, 2.24) is 14.6 Å². The van der Waals surface area contributed by atoms with Crippen molar-refractivity contribution in [3.63, 3.8) is 0 Å². The molecule has 2 aromatic rings. The highest BCUT2D eigenvalue weighted by Crippen LogP contribution is 2.12. The lowest BCUT2D eigenvalue weighted by Gasteiger charge is -2.02. The molecule has 6 heteroatoms. The molecule has 0 amide bonds. The van der Waals surface area contributed by atoms with E-state index in [0.717, 1.165) is 0 Å². The fraction of sp³-hybridized carbons (Fsp3) is 0.200. The van der Waals surface area contributed by atoms with Crippen molar-refractivity contribution in [2.75, 3.05) is 0 Å². The Morgan fingerprint density at radius 1 is 1.69 bits per heavy atom. The van der Waals surface area contributed by atoms with Gasteiger partial charge in [0.1, 0.15) is 11.6 Å². The topological polar surface area (TPSA) is 91.3 Å². The summed E-state index contributed by atoms with van der Waals surface area (Å²) < 4.78 is 1.49. The Balaban J connectivity index is 2.82. The predicted molar refractivity (Wildman–Crippen MR) is 54.0 cm³/mol. The summed E-state index contributed by atoms with van der Waals surface area (Å²) in [6.07, 6.45) is 2.00. The molecule has 0 aliphatic carbocycles. The van der Waals surface area contributed by atoms with Gasteiger partial charge < -0.3 is 5.11 Å². The van der Waals surface area contributed by atoms with Crippen molar-refractivity contribution in [2.24, 2.45) is 0 Å². The van der Waals surface area contributed by atoms with Crippen LogP contribution in [0, 0.1) is 11.3 Å². The number of rotatable bonds is 2. The molecule has 2 rings (SSSR count). The lowest BCUT2D eigenvalue weighted by Crippen LogP contribution is -2.07. The molecule has 6 nitrogen and oxygen atoms in total. The van der Waals surface area contributed by atoms with Gasteiger partial charge in [0, 0.05) is 5.69 Å². The van der Waals surface area contributed by atoms with Crippen molar-refractivity contribution in [2.45, 2.75) is 13.3 Å². The summed E-state index contributed by atoms with van der Waals surface area (Å²) in [4.78, 5) is 14.8. The number of nitrogens with zero attached hydrogens (tertiary/aromatic N) is 4. The maximum atomic E-state index is 10.9. The molecule has 0 radical (unpaired) electrons. The maximum absolute atomic E-state index is 10.9. The van der Waals surface area contributed by atoms with Gasteiger partial charge in [-0.05, 0) is 12.5 Å². The fourth-order valence-electron chi connectivity index (χ4n) is 1.47. The van der Waals surface area contributed by atoms with Crippen LogP contribution in [0.4, 0.5) is 0 Å². The number of nitriles is 1. The molecule has 16 heavy (non-hydrogen) atoms. The summed E-state index contributed by atoms with van der Waals surface area (Å²) in [5.74, 6) is -1.11. The van der Waals surface area contributed by atoms with Gasteiger partial charge in [-0.25, -0.2) is 14.3 Å². The van der Waals surface area contributed by atoms with Crippen molar-refractivity contribution in [3.8, 4) is 6.07 Å². The number of aromatic carboxylic acids is 1. The monoisotopic (exact) mass is 216 g/mol. The zero-order valence-electron chi connectivity index (χ0n) is 8.51. The highest BCUT2D eigenvalue weighted by atomic mass is 16.4. The highest BCUT2D eigenvalue weighted by Gasteiger charge is 2.13. The van der Waals surface area contributed by atoms with Crippen LogP contribution in [-0.2, 0) is 6.42 Å². The Morgan fingerprint density at radius 2 is 2.44 bits per heavy atom. The third-order valence-electron chi connectivity index (χ3n) is 2.25. The van der Waals surface area contributed by atoms with E-state index < -0.39 is 5.97 Å². The van der Waals surface area contributed by atoms with E-state index in [-0.39, 0.29) is 11.3 Å². The summed E-state index contributed by atoms with van der Waals surface area (Å²) in [5, 5.41) is 21.7. The molecule has 0 aromatic carbocycles. The molecule has 0 spiro atoms. The standard InChI is InChI=1S/C10H8N4O2/c1-2-7-3-8(10(15)16)13-9-6(4-11)5-12-14(7)9/h3,5H,2H2,1H3,(H,15,16). The van der Waals surface area contributed by atoms with E-state index in [1.54, 1.807) is 0 Å². The molecule has 0 aliphatic heterocycles. The van der Waals surface area contributed by atoms with Gasteiger partial charge in [-0.3, -0.25) is 0 Å². The molecular weight excluding hydrogens is 208 g/mol. The van der Waals surface area contributed by atoms with E-state index in [9.17, 15) is 4.79 Å². The summed E-state index contributed by atoms with van der Waals surface area (Å²) in [7, 11) is 0. The van der Waals surface area contributed by atoms with E-state index in [2.05, 4.69) is 10.1 Å². The number of fused-ring (bicyclic) bond motifs is 1. The number of aryl methyl sites for hydroxylation is 1. The van der Waals surface area contributed by atoms with E-state index in [1.165, 1.54) is 16.8 Å². The Hall–Kier alpha value is -2.42. The van der Waals surface area contributed by atoms with Crippen LogP contribution >= 0.6 is 0 Å². The average molecular weight is 216 g/mol. The van der Waals surface area contributed by atoms with Gasteiger partial charge in [0.25, 0.3) is 0 Å². The summed E-state index contributed by atoms with van der Waals surface area (Å²) in [5.41, 5.74) is 1.21. The van der Waals surface area contributed by atoms with E-state index in [1.807, 2.05) is 13.0 Å². The van der Waals surface area contributed by atoms with Crippen LogP contribution < -0.4 is 0 Å². The number of hydrogen-bond donors (Lipinski definition) is 1. The Labute approximate surface area is 90.8 Å². The molecule has 0 atom stereocenters. The number of hydrogen-bond acceptors (Lipinski definition) is 4. The summed E-state index contributed by atoms with van der Waals surface area (Å²) in [6, 6.07) is 3.39. The summed E-state index contributed by atoms with van der Waals surface area (Å²) in [6.45, 7) is 1.88. The van der Waals surface area contributed by atoms with E-state index >= 15 is 0 Å². The Bertz CT molecular complexity index is 609. The molecular formula is C10H8N4O2. The quantitative estimate of drug-likeness (QED) is 0.803. The second kappa shape index (κ2) is 3.62. The maximum Gasteiger partial charge on any atom is 0.354 e. The normalized spacial score (nSPS) is 10.2. The number of carboxylic acid groups (broad SMARTS) is 1. The molecule has 0 fully saturated rings. The molecule has 0 aliphatic rings. The number of carbonyl (C=O) groups is 1. The van der Waals surface area contributed by atoms with Gasteiger partial charge in [0.15, 0.2) is 11.3 Å². The fourth-order valence-corrected chi connectivity index (χ4v) is 1.47. The van der Waals surface area contributed by atoms with Crippen LogP contribution in [0.25, 0.3) is 5.65 Å². The van der Waals surface area contributed by atoms with Crippen molar-refractivity contribution in [3.05, 3.63) is 29.2 Å². The molecule has 0 unspecified atom stereocenters. The second-order valence-electron chi connectivity index (χ2n) is 3.20. The highest BCUT2D eigenvalue weighted by molar-refractivity contribution is 5.86. The summed E-state index contributed by atoms with van der Waals surface area (Å²) >= 11 is 0. The van der Waals surface area contributed by atoms with Crippen molar-refractivity contribution in [1.29, 1.82) is 5.26 Å². The van der Waals surface area contributed by atoms with Gasteiger partial charge in [-0.15, -0.1) is 0 Å². The van der Waals surface area contributed by atoms with Gasteiger partial charge in [0.05, 0.1) is 6.20 Å². The molecule has 2 heterocycles. The van der Waals surface area contributed by atoms with Gasteiger partial charge in [0.2, 0.25) is 0 Å². The lowest BCUT2D eigenvalue weighted by atomic mass is 10.2. The molecule has 2 aromatic heterocycles.